The zero-order valence-corrected chi connectivity index (χ0v) is 11.4. The van der Waals surface area contributed by atoms with E-state index in [0.717, 1.165) is 18.6 Å². The second-order valence-electron chi connectivity index (χ2n) is 5.01. The van der Waals surface area contributed by atoms with Crippen LogP contribution in [0.4, 0.5) is 0 Å². The average molecular weight is 273 g/mol. The van der Waals surface area contributed by atoms with Gasteiger partial charge in [0, 0.05) is 24.7 Å². The van der Waals surface area contributed by atoms with Gasteiger partial charge in [-0.2, -0.15) is 11.8 Å². The molecule has 2 rings (SSSR count). The van der Waals surface area contributed by atoms with Crippen molar-refractivity contribution < 1.29 is 19.4 Å². The lowest BCUT2D eigenvalue weighted by molar-refractivity contribution is -0.154. The number of hydrogen-bond acceptors (Lipinski definition) is 4. The van der Waals surface area contributed by atoms with Crippen LogP contribution in [0.1, 0.15) is 26.2 Å². The maximum Gasteiger partial charge on any atom is 0.305 e. The van der Waals surface area contributed by atoms with Crippen LogP contribution in [-0.4, -0.2) is 58.2 Å². The van der Waals surface area contributed by atoms with Crippen molar-refractivity contribution in [3.8, 4) is 0 Å². The molecule has 2 unspecified atom stereocenters. The Bertz CT molecular complexity index is 341. The van der Waals surface area contributed by atoms with Gasteiger partial charge in [-0.05, 0) is 19.8 Å². The van der Waals surface area contributed by atoms with E-state index in [4.69, 9.17) is 9.84 Å². The summed E-state index contributed by atoms with van der Waals surface area (Å²) in [7, 11) is 0. The van der Waals surface area contributed by atoms with E-state index in [-0.39, 0.29) is 18.4 Å². The van der Waals surface area contributed by atoms with Gasteiger partial charge >= 0.3 is 5.97 Å². The molecular formula is C12H19NO4S. The summed E-state index contributed by atoms with van der Waals surface area (Å²) in [6, 6.07) is -0.199. The van der Waals surface area contributed by atoms with Crippen LogP contribution in [-0.2, 0) is 14.3 Å². The van der Waals surface area contributed by atoms with E-state index in [1.54, 1.807) is 16.7 Å². The summed E-state index contributed by atoms with van der Waals surface area (Å²) in [4.78, 5) is 25.1. The van der Waals surface area contributed by atoms with Crippen molar-refractivity contribution in [2.24, 2.45) is 0 Å². The molecule has 6 heteroatoms. The SMILES string of the molecule is CC1(C(=O)N2CCSCC2CC(=O)O)CCCO1. The smallest absolute Gasteiger partial charge is 0.305 e. The first-order valence-electron chi connectivity index (χ1n) is 6.27. The van der Waals surface area contributed by atoms with Gasteiger partial charge in [0.15, 0.2) is 0 Å². The molecule has 2 saturated heterocycles. The quantitative estimate of drug-likeness (QED) is 0.830. The number of carboxylic acid groups (broad SMARTS) is 1. The summed E-state index contributed by atoms with van der Waals surface area (Å²) in [5.74, 6) is 0.691. The molecule has 0 bridgehead atoms. The van der Waals surface area contributed by atoms with Crippen LogP contribution in [0.5, 0.6) is 0 Å². The van der Waals surface area contributed by atoms with Crippen LogP contribution in [0.15, 0.2) is 0 Å². The van der Waals surface area contributed by atoms with Gasteiger partial charge in [-0.25, -0.2) is 0 Å². The molecule has 2 fully saturated rings. The van der Waals surface area contributed by atoms with Crippen molar-refractivity contribution in [1.82, 2.24) is 4.90 Å². The van der Waals surface area contributed by atoms with Gasteiger partial charge in [-0.1, -0.05) is 0 Å². The molecule has 2 atom stereocenters. The highest BCUT2D eigenvalue weighted by Crippen LogP contribution is 2.30. The number of carbonyl (C=O) groups is 2. The highest BCUT2D eigenvalue weighted by atomic mass is 32.2. The molecule has 0 radical (unpaired) electrons. The minimum Gasteiger partial charge on any atom is -0.481 e. The third kappa shape index (κ3) is 2.80. The fourth-order valence-electron chi connectivity index (χ4n) is 2.54. The van der Waals surface area contributed by atoms with E-state index in [1.165, 1.54) is 0 Å². The van der Waals surface area contributed by atoms with Crippen LogP contribution < -0.4 is 0 Å². The second-order valence-corrected chi connectivity index (χ2v) is 6.16. The molecule has 0 saturated carbocycles. The molecule has 2 heterocycles. The van der Waals surface area contributed by atoms with Gasteiger partial charge in [-0.15, -0.1) is 0 Å². The van der Waals surface area contributed by atoms with Crippen LogP contribution in [0.25, 0.3) is 0 Å². The van der Waals surface area contributed by atoms with Crippen molar-refractivity contribution in [3.63, 3.8) is 0 Å². The summed E-state index contributed by atoms with van der Waals surface area (Å²) >= 11 is 1.71. The maximum atomic E-state index is 12.5. The van der Waals surface area contributed by atoms with Crippen molar-refractivity contribution >= 4 is 23.6 Å². The third-order valence-electron chi connectivity index (χ3n) is 3.57. The molecule has 5 nitrogen and oxygen atoms in total. The summed E-state index contributed by atoms with van der Waals surface area (Å²) in [6.45, 7) is 3.07. The largest absolute Gasteiger partial charge is 0.481 e. The van der Waals surface area contributed by atoms with Crippen molar-refractivity contribution in [3.05, 3.63) is 0 Å². The minimum atomic E-state index is -0.849. The fourth-order valence-corrected chi connectivity index (χ4v) is 3.61. The van der Waals surface area contributed by atoms with Crippen LogP contribution in [0.3, 0.4) is 0 Å². The number of thioether (sulfide) groups is 1. The number of rotatable bonds is 3. The third-order valence-corrected chi connectivity index (χ3v) is 4.66. The fraction of sp³-hybridized carbons (Fsp3) is 0.833. The monoisotopic (exact) mass is 273 g/mol. The summed E-state index contributed by atoms with van der Waals surface area (Å²) in [5.41, 5.74) is -0.737. The van der Waals surface area contributed by atoms with Gasteiger partial charge in [-0.3, -0.25) is 9.59 Å². The summed E-state index contributed by atoms with van der Waals surface area (Å²) in [5, 5.41) is 8.92. The Morgan fingerprint density at radius 3 is 2.94 bits per heavy atom. The highest BCUT2D eigenvalue weighted by molar-refractivity contribution is 7.99. The minimum absolute atomic E-state index is 0.0226. The normalized spacial score (nSPS) is 32.5. The Morgan fingerprint density at radius 2 is 2.33 bits per heavy atom. The van der Waals surface area contributed by atoms with E-state index >= 15 is 0 Å². The van der Waals surface area contributed by atoms with Gasteiger partial charge in [0.2, 0.25) is 0 Å². The van der Waals surface area contributed by atoms with E-state index in [0.29, 0.717) is 18.9 Å². The van der Waals surface area contributed by atoms with E-state index in [2.05, 4.69) is 0 Å². The molecule has 0 spiro atoms. The number of ether oxygens (including phenoxy) is 1. The lowest BCUT2D eigenvalue weighted by atomic mass is 9.99. The molecule has 0 aromatic heterocycles. The number of hydrogen-bond donors (Lipinski definition) is 1. The van der Waals surface area contributed by atoms with Gasteiger partial charge in [0.1, 0.15) is 5.60 Å². The molecule has 1 N–H and O–H groups in total. The molecule has 0 aliphatic carbocycles. The first-order valence-corrected chi connectivity index (χ1v) is 7.43. The predicted molar refractivity (Wildman–Crippen MR) is 68.7 cm³/mol. The first kappa shape index (κ1) is 13.7. The Balaban J connectivity index is 2.08. The number of amides is 1. The molecule has 0 aromatic rings. The van der Waals surface area contributed by atoms with Gasteiger partial charge < -0.3 is 14.7 Å². The summed E-state index contributed by atoms with van der Waals surface area (Å²) < 4.78 is 5.56. The first-order chi connectivity index (χ1) is 8.53. The molecule has 2 aliphatic heterocycles. The Labute approximate surface area is 111 Å². The predicted octanol–water partition coefficient (Wildman–Crippen LogP) is 0.974. The highest BCUT2D eigenvalue weighted by Gasteiger charge is 2.43. The zero-order chi connectivity index (χ0) is 13.2. The second kappa shape index (κ2) is 5.48. The van der Waals surface area contributed by atoms with Gasteiger partial charge in [0.05, 0.1) is 12.5 Å². The molecule has 18 heavy (non-hydrogen) atoms. The topological polar surface area (TPSA) is 66.8 Å². The van der Waals surface area contributed by atoms with E-state index < -0.39 is 11.6 Å². The Kier molecular flexibility index (Phi) is 4.17. The molecule has 2 aliphatic rings. The zero-order valence-electron chi connectivity index (χ0n) is 10.6. The molecule has 0 aromatic carbocycles. The van der Waals surface area contributed by atoms with Crippen molar-refractivity contribution in [1.29, 1.82) is 0 Å². The lowest BCUT2D eigenvalue weighted by Gasteiger charge is -2.39. The Morgan fingerprint density at radius 1 is 1.56 bits per heavy atom. The molecule has 102 valence electrons. The molecular weight excluding hydrogens is 254 g/mol. The Hall–Kier alpha value is -0.750. The average Bonchev–Trinajstić information content (AvgIpc) is 2.76. The standard InChI is InChI=1S/C12H19NO4S/c1-12(3-2-5-17-12)11(16)13-4-6-18-8-9(13)7-10(14)15/h9H,2-8H2,1H3,(H,14,15). The van der Waals surface area contributed by atoms with E-state index in [1.807, 2.05) is 6.92 Å². The van der Waals surface area contributed by atoms with Gasteiger partial charge in [0.25, 0.3) is 5.91 Å². The van der Waals surface area contributed by atoms with Crippen LogP contribution in [0.2, 0.25) is 0 Å². The number of aliphatic carboxylic acids is 1. The molecule has 1 amide bonds. The van der Waals surface area contributed by atoms with Crippen molar-refractivity contribution in [2.75, 3.05) is 24.7 Å². The maximum absolute atomic E-state index is 12.5. The van der Waals surface area contributed by atoms with Crippen LogP contribution in [0, 0.1) is 0 Å². The van der Waals surface area contributed by atoms with E-state index in [9.17, 15) is 9.59 Å². The number of carbonyl (C=O) groups excluding carboxylic acids is 1. The number of carboxylic acids is 1. The lowest BCUT2D eigenvalue weighted by Crippen LogP contribution is -2.54. The van der Waals surface area contributed by atoms with Crippen LogP contribution >= 0.6 is 11.8 Å². The number of nitrogens with zero attached hydrogens (tertiary/aromatic N) is 1. The van der Waals surface area contributed by atoms with Crippen molar-refractivity contribution in [2.45, 2.75) is 37.8 Å². The summed E-state index contributed by atoms with van der Waals surface area (Å²) in [6.07, 6.45) is 1.65.